The van der Waals surface area contributed by atoms with Crippen LogP contribution in [0.1, 0.15) is 24.8 Å². The fraction of sp³-hybridized carbons (Fsp3) is 0.538. The van der Waals surface area contributed by atoms with Crippen LogP contribution in [0.3, 0.4) is 0 Å². The molecule has 1 heterocycles. The summed E-state index contributed by atoms with van der Waals surface area (Å²) in [6.45, 7) is 0.984. The summed E-state index contributed by atoms with van der Waals surface area (Å²) in [6, 6.07) is 5.21. The first-order valence-electron chi connectivity index (χ1n) is 6.23. The van der Waals surface area contributed by atoms with E-state index in [0.717, 1.165) is 19.2 Å². The van der Waals surface area contributed by atoms with Crippen LogP contribution in [-0.4, -0.2) is 32.4 Å². The van der Waals surface area contributed by atoms with E-state index in [4.69, 9.17) is 0 Å². The molecular formula is C13H19NO3S. The maximum Gasteiger partial charge on any atom is 0.179 e. The maximum atomic E-state index is 11.7. The minimum absolute atomic E-state index is 0.0809. The molecule has 0 amide bonds. The van der Waals surface area contributed by atoms with Crippen molar-refractivity contribution >= 4 is 9.84 Å². The summed E-state index contributed by atoms with van der Waals surface area (Å²) in [5.41, 5.74) is 0.705. The van der Waals surface area contributed by atoms with Crippen molar-refractivity contribution in [3.8, 4) is 5.75 Å². The predicted octanol–water partition coefficient (Wildman–Crippen LogP) is 1.48. The van der Waals surface area contributed by atoms with E-state index in [1.165, 1.54) is 18.9 Å². The number of sulfone groups is 1. The molecule has 0 bridgehead atoms. The lowest BCUT2D eigenvalue weighted by Gasteiger charge is -2.24. The second-order valence-electron chi connectivity index (χ2n) is 4.89. The van der Waals surface area contributed by atoms with Crippen molar-refractivity contribution in [3.05, 3.63) is 23.8 Å². The van der Waals surface area contributed by atoms with Crippen LogP contribution in [0, 0.1) is 0 Å². The molecule has 1 atom stereocenters. The van der Waals surface area contributed by atoms with E-state index in [1.807, 2.05) is 0 Å². The lowest BCUT2D eigenvalue weighted by Crippen LogP contribution is -2.35. The molecule has 1 saturated heterocycles. The Morgan fingerprint density at radius 1 is 1.39 bits per heavy atom. The topological polar surface area (TPSA) is 66.4 Å². The summed E-state index contributed by atoms with van der Waals surface area (Å²) in [6.07, 6.45) is 5.19. The summed E-state index contributed by atoms with van der Waals surface area (Å²) < 4.78 is 23.5. The zero-order chi connectivity index (χ0) is 13.2. The van der Waals surface area contributed by atoms with E-state index in [2.05, 4.69) is 5.32 Å². The van der Waals surface area contributed by atoms with Crippen LogP contribution in [0.2, 0.25) is 0 Å². The summed E-state index contributed by atoms with van der Waals surface area (Å²) in [7, 11) is -3.39. The Morgan fingerprint density at radius 2 is 2.17 bits per heavy atom. The Morgan fingerprint density at radius 3 is 2.78 bits per heavy atom. The molecule has 4 nitrogen and oxygen atoms in total. The minimum Gasteiger partial charge on any atom is -0.507 e. The molecule has 1 aliphatic heterocycles. The molecule has 1 aromatic carbocycles. The minimum atomic E-state index is -3.39. The number of hydrogen-bond acceptors (Lipinski definition) is 4. The number of hydrogen-bond donors (Lipinski definition) is 2. The average Bonchev–Trinajstić information content (AvgIpc) is 2.28. The first-order valence-corrected chi connectivity index (χ1v) is 8.12. The van der Waals surface area contributed by atoms with Crippen LogP contribution in [0.5, 0.6) is 5.75 Å². The summed E-state index contributed by atoms with van der Waals surface area (Å²) in [4.78, 5) is 0.0809. The van der Waals surface area contributed by atoms with Crippen molar-refractivity contribution in [3.63, 3.8) is 0 Å². The standard InChI is InChI=1S/C13H19NO3S/c1-18(16,17)13-10(5-4-7-12(13)15)9-11-6-2-3-8-14-11/h4-5,7,11,14-15H,2-3,6,8-9H2,1H3. The normalized spacial score (nSPS) is 20.8. The van der Waals surface area contributed by atoms with Crippen molar-refractivity contribution in [2.75, 3.05) is 12.8 Å². The third-order valence-corrected chi connectivity index (χ3v) is 4.54. The molecule has 0 radical (unpaired) electrons. The average molecular weight is 269 g/mol. The van der Waals surface area contributed by atoms with Crippen molar-refractivity contribution in [2.45, 2.75) is 36.6 Å². The van der Waals surface area contributed by atoms with Gasteiger partial charge in [0, 0.05) is 12.3 Å². The van der Waals surface area contributed by atoms with Crippen molar-refractivity contribution in [1.82, 2.24) is 5.32 Å². The Balaban J connectivity index is 2.30. The van der Waals surface area contributed by atoms with Gasteiger partial charge in [0.2, 0.25) is 0 Å². The van der Waals surface area contributed by atoms with Gasteiger partial charge in [-0.3, -0.25) is 0 Å². The molecule has 1 unspecified atom stereocenters. The Hall–Kier alpha value is -1.07. The molecule has 5 heteroatoms. The molecule has 0 aromatic heterocycles. The Bertz CT molecular complexity index is 519. The summed E-state index contributed by atoms with van der Waals surface area (Å²) in [5, 5.41) is 13.1. The van der Waals surface area contributed by atoms with E-state index >= 15 is 0 Å². The van der Waals surface area contributed by atoms with Gasteiger partial charge in [-0.1, -0.05) is 18.6 Å². The highest BCUT2D eigenvalue weighted by Crippen LogP contribution is 2.28. The molecule has 1 fully saturated rings. The van der Waals surface area contributed by atoms with Crippen LogP contribution in [0.4, 0.5) is 0 Å². The number of phenolic OH excluding ortho intramolecular Hbond substituents is 1. The lowest BCUT2D eigenvalue weighted by molar-refractivity contribution is 0.395. The van der Waals surface area contributed by atoms with Gasteiger partial charge in [0.15, 0.2) is 9.84 Å². The van der Waals surface area contributed by atoms with Crippen LogP contribution in [0.25, 0.3) is 0 Å². The molecule has 0 aliphatic carbocycles. The van der Waals surface area contributed by atoms with E-state index in [-0.39, 0.29) is 10.6 Å². The third-order valence-electron chi connectivity index (χ3n) is 3.33. The molecule has 2 N–H and O–H groups in total. The number of aromatic hydroxyl groups is 1. The van der Waals surface area contributed by atoms with E-state index in [9.17, 15) is 13.5 Å². The largest absolute Gasteiger partial charge is 0.507 e. The van der Waals surface area contributed by atoms with Crippen LogP contribution >= 0.6 is 0 Å². The number of rotatable bonds is 3. The quantitative estimate of drug-likeness (QED) is 0.872. The first kappa shape index (κ1) is 13.4. The number of benzene rings is 1. The summed E-state index contributed by atoms with van der Waals surface area (Å²) in [5.74, 6) is -0.147. The van der Waals surface area contributed by atoms with Gasteiger partial charge < -0.3 is 10.4 Å². The molecule has 1 aliphatic rings. The second kappa shape index (κ2) is 5.28. The molecular weight excluding hydrogens is 250 g/mol. The Labute approximate surface area is 108 Å². The molecule has 18 heavy (non-hydrogen) atoms. The van der Waals surface area contributed by atoms with Gasteiger partial charge in [0.25, 0.3) is 0 Å². The van der Waals surface area contributed by atoms with Gasteiger partial charge >= 0.3 is 0 Å². The molecule has 0 spiro atoms. The van der Waals surface area contributed by atoms with Crippen LogP contribution < -0.4 is 5.32 Å². The fourth-order valence-corrected chi connectivity index (χ4v) is 3.60. The Kier molecular flexibility index (Phi) is 3.92. The van der Waals surface area contributed by atoms with Crippen molar-refractivity contribution in [1.29, 1.82) is 0 Å². The molecule has 100 valence electrons. The molecule has 0 saturated carbocycles. The van der Waals surface area contributed by atoms with Gasteiger partial charge in [0.05, 0.1) is 0 Å². The highest BCUT2D eigenvalue weighted by molar-refractivity contribution is 7.90. The van der Waals surface area contributed by atoms with Crippen molar-refractivity contribution < 1.29 is 13.5 Å². The van der Waals surface area contributed by atoms with Gasteiger partial charge in [-0.25, -0.2) is 8.42 Å². The number of phenols is 1. The van der Waals surface area contributed by atoms with E-state index < -0.39 is 9.84 Å². The maximum absolute atomic E-state index is 11.7. The zero-order valence-electron chi connectivity index (χ0n) is 10.5. The third kappa shape index (κ3) is 3.03. The summed E-state index contributed by atoms with van der Waals surface area (Å²) >= 11 is 0. The smallest absolute Gasteiger partial charge is 0.179 e. The second-order valence-corrected chi connectivity index (χ2v) is 6.84. The van der Waals surface area contributed by atoms with Gasteiger partial charge in [-0.05, 0) is 37.4 Å². The molecule has 1 aromatic rings. The van der Waals surface area contributed by atoms with E-state index in [0.29, 0.717) is 18.0 Å². The fourth-order valence-electron chi connectivity index (χ4n) is 2.52. The monoisotopic (exact) mass is 269 g/mol. The van der Waals surface area contributed by atoms with Crippen LogP contribution in [0.15, 0.2) is 23.1 Å². The first-order chi connectivity index (χ1) is 8.48. The van der Waals surface area contributed by atoms with Gasteiger partial charge in [-0.15, -0.1) is 0 Å². The van der Waals surface area contributed by atoms with Crippen LogP contribution in [-0.2, 0) is 16.3 Å². The highest BCUT2D eigenvalue weighted by Gasteiger charge is 2.21. The predicted molar refractivity (Wildman–Crippen MR) is 70.6 cm³/mol. The zero-order valence-corrected chi connectivity index (χ0v) is 11.3. The van der Waals surface area contributed by atoms with Crippen molar-refractivity contribution in [2.24, 2.45) is 0 Å². The lowest BCUT2D eigenvalue weighted by atomic mass is 9.98. The highest BCUT2D eigenvalue weighted by atomic mass is 32.2. The molecule has 2 rings (SSSR count). The number of nitrogens with one attached hydrogen (secondary N) is 1. The van der Waals surface area contributed by atoms with E-state index in [1.54, 1.807) is 12.1 Å². The SMILES string of the molecule is CS(=O)(=O)c1c(O)cccc1CC1CCCCN1. The number of piperidine rings is 1. The van der Waals surface area contributed by atoms with Gasteiger partial charge in [0.1, 0.15) is 10.6 Å². The van der Waals surface area contributed by atoms with Gasteiger partial charge in [-0.2, -0.15) is 0 Å².